The number of hydrogen-bond donors (Lipinski definition) is 0. The average Bonchev–Trinajstić information content (AvgIpc) is 3.36. The van der Waals surface area contributed by atoms with Gasteiger partial charge in [-0.2, -0.15) is 10.2 Å². The minimum Gasteiger partial charge on any atom is -0.340 e. The van der Waals surface area contributed by atoms with Crippen molar-refractivity contribution in [3.05, 3.63) is 40.5 Å². The number of aryl methyl sites for hydroxylation is 1. The highest BCUT2D eigenvalue weighted by atomic mass is 16.6. The molecule has 4 aliphatic rings. The van der Waals surface area contributed by atoms with Gasteiger partial charge in [-0.15, -0.1) is 0 Å². The molecule has 2 aromatic heterocycles. The fraction of sp³-hybridized carbons (Fsp3) is 0.682. The Bertz CT molecular complexity index is 997. The molecule has 0 aliphatic heterocycles. The largest absolute Gasteiger partial charge is 0.340 e. The van der Waals surface area contributed by atoms with Crippen LogP contribution in [0.3, 0.4) is 0 Å². The minimum absolute atomic E-state index is 0.0266. The molecule has 4 fully saturated rings. The van der Waals surface area contributed by atoms with E-state index in [-0.39, 0.29) is 27.5 Å². The molecule has 0 spiro atoms. The number of nitrogens with zero attached hydrogens (tertiary/aromatic N) is 6. The maximum absolute atomic E-state index is 13.3. The van der Waals surface area contributed by atoms with Crippen LogP contribution in [0.15, 0.2) is 24.7 Å². The second kappa shape index (κ2) is 7.17. The van der Waals surface area contributed by atoms with E-state index in [1.807, 2.05) is 34.3 Å². The zero-order chi connectivity index (χ0) is 21.8. The first kappa shape index (κ1) is 20.2. The van der Waals surface area contributed by atoms with Gasteiger partial charge in [0.25, 0.3) is 0 Å². The molecule has 2 atom stereocenters. The summed E-state index contributed by atoms with van der Waals surface area (Å²) in [6.07, 6.45) is 11.6. The van der Waals surface area contributed by atoms with E-state index in [1.165, 1.54) is 12.6 Å². The molecule has 166 valence electrons. The molecule has 9 heteroatoms. The Labute approximate surface area is 181 Å². The van der Waals surface area contributed by atoms with Crippen LogP contribution in [-0.4, -0.2) is 42.3 Å². The van der Waals surface area contributed by atoms with E-state index >= 15 is 0 Å². The molecule has 2 heterocycles. The Morgan fingerprint density at radius 3 is 2.68 bits per heavy atom. The predicted molar refractivity (Wildman–Crippen MR) is 113 cm³/mol. The number of hydrogen-bond acceptors (Lipinski definition) is 5. The van der Waals surface area contributed by atoms with Gasteiger partial charge in [0.2, 0.25) is 5.91 Å². The first-order chi connectivity index (χ1) is 14.8. The molecule has 2 unspecified atom stereocenters. The summed E-state index contributed by atoms with van der Waals surface area (Å²) < 4.78 is 3.79. The second-order valence-corrected chi connectivity index (χ2v) is 10.2. The van der Waals surface area contributed by atoms with Crippen LogP contribution in [0, 0.1) is 27.4 Å². The van der Waals surface area contributed by atoms with Gasteiger partial charge >= 0.3 is 5.69 Å². The highest BCUT2D eigenvalue weighted by molar-refractivity contribution is 5.76. The number of nitro groups is 1. The third-order valence-electron chi connectivity index (χ3n) is 7.87. The third kappa shape index (κ3) is 3.43. The van der Waals surface area contributed by atoms with Gasteiger partial charge in [0.05, 0.1) is 22.7 Å². The highest BCUT2D eigenvalue weighted by Crippen LogP contribution is 2.65. The molecule has 0 aromatic carbocycles. The molecule has 1 amide bonds. The molecule has 9 nitrogen and oxygen atoms in total. The van der Waals surface area contributed by atoms with Gasteiger partial charge < -0.3 is 4.90 Å². The zero-order valence-corrected chi connectivity index (χ0v) is 18.2. The Hall–Kier alpha value is -2.71. The monoisotopic (exact) mass is 426 g/mol. The molecular formula is C22H30N6O3. The molecule has 0 saturated heterocycles. The number of rotatable bonds is 7. The molecule has 4 aliphatic carbocycles. The molecule has 2 aromatic rings. The van der Waals surface area contributed by atoms with Crippen LogP contribution in [0.4, 0.5) is 5.69 Å². The first-order valence-electron chi connectivity index (χ1n) is 11.3. The lowest BCUT2D eigenvalue weighted by atomic mass is 9.46. The van der Waals surface area contributed by atoms with E-state index in [0.29, 0.717) is 24.8 Å². The number of aromatic nitrogens is 4. The highest BCUT2D eigenvalue weighted by Gasteiger charge is 2.59. The van der Waals surface area contributed by atoms with Gasteiger partial charge in [0, 0.05) is 26.2 Å². The van der Waals surface area contributed by atoms with Crippen molar-refractivity contribution in [1.82, 2.24) is 24.5 Å². The molecule has 0 radical (unpaired) electrons. The van der Waals surface area contributed by atoms with Gasteiger partial charge in [-0.05, 0) is 68.8 Å². The Balaban J connectivity index is 1.35. The van der Waals surface area contributed by atoms with Crippen molar-refractivity contribution in [2.45, 2.75) is 70.5 Å². The van der Waals surface area contributed by atoms with Crippen molar-refractivity contribution in [1.29, 1.82) is 0 Å². The second-order valence-electron chi connectivity index (χ2n) is 10.2. The lowest BCUT2D eigenvalue weighted by Gasteiger charge is -2.62. The van der Waals surface area contributed by atoms with Crippen LogP contribution in [0.25, 0.3) is 0 Å². The summed E-state index contributed by atoms with van der Waals surface area (Å²) in [5.74, 6) is 1.32. The van der Waals surface area contributed by atoms with Gasteiger partial charge in [-0.25, -0.2) is 0 Å². The normalized spacial score (nSPS) is 31.2. The van der Waals surface area contributed by atoms with Gasteiger partial charge in [0.15, 0.2) is 0 Å². The standard InChI is InChI=1S/C22H30N6O3/c1-3-26-18(4-5-23-26)13-25(2)20(29)11-21-7-16-6-17(8-21)10-22(9-16,15-21)27-14-19(12-24-27)28(30)31/h4-5,12,14,16-17H,3,6-11,13,15H2,1-2H3. The summed E-state index contributed by atoms with van der Waals surface area (Å²) >= 11 is 0. The van der Waals surface area contributed by atoms with Crippen molar-refractivity contribution >= 4 is 11.6 Å². The van der Waals surface area contributed by atoms with Crippen molar-refractivity contribution in [2.75, 3.05) is 7.05 Å². The molecule has 31 heavy (non-hydrogen) atoms. The van der Waals surface area contributed by atoms with Gasteiger partial charge in [-0.1, -0.05) is 0 Å². The summed E-state index contributed by atoms with van der Waals surface area (Å²) in [7, 11) is 1.88. The van der Waals surface area contributed by atoms with Crippen molar-refractivity contribution in [3.8, 4) is 0 Å². The minimum atomic E-state index is -0.376. The third-order valence-corrected chi connectivity index (χ3v) is 7.87. The topological polar surface area (TPSA) is 99.1 Å². The van der Waals surface area contributed by atoms with E-state index < -0.39 is 0 Å². The lowest BCUT2D eigenvalue weighted by molar-refractivity contribution is -0.385. The van der Waals surface area contributed by atoms with E-state index in [2.05, 4.69) is 10.2 Å². The van der Waals surface area contributed by atoms with Gasteiger partial charge in [-0.3, -0.25) is 24.3 Å². The van der Waals surface area contributed by atoms with Crippen LogP contribution in [0.2, 0.25) is 0 Å². The molecular weight excluding hydrogens is 396 g/mol. The maximum atomic E-state index is 13.3. The van der Waals surface area contributed by atoms with Crippen LogP contribution in [-0.2, 0) is 23.4 Å². The van der Waals surface area contributed by atoms with Crippen LogP contribution >= 0.6 is 0 Å². The molecule has 6 rings (SSSR count). The van der Waals surface area contributed by atoms with E-state index in [0.717, 1.165) is 44.3 Å². The lowest BCUT2D eigenvalue weighted by Crippen LogP contribution is -2.57. The SMILES string of the molecule is CCn1nccc1CN(C)C(=O)CC12CC3CC(C1)CC(n1cc([N+](=O)[O-])cn1)(C3)C2. The summed E-state index contributed by atoms with van der Waals surface area (Å²) in [6, 6.07) is 1.97. The van der Waals surface area contributed by atoms with E-state index in [9.17, 15) is 14.9 Å². The van der Waals surface area contributed by atoms with Gasteiger partial charge in [0.1, 0.15) is 12.4 Å². The summed E-state index contributed by atoms with van der Waals surface area (Å²) in [5, 5.41) is 19.9. The van der Waals surface area contributed by atoms with Crippen molar-refractivity contribution < 1.29 is 9.72 Å². The summed E-state index contributed by atoms with van der Waals surface area (Å²) in [6.45, 7) is 3.40. The fourth-order valence-electron chi connectivity index (χ4n) is 7.11. The predicted octanol–water partition coefficient (Wildman–Crippen LogP) is 3.35. The number of amides is 1. The van der Waals surface area contributed by atoms with Crippen molar-refractivity contribution in [2.24, 2.45) is 17.3 Å². The number of carbonyl (C=O) groups is 1. The first-order valence-corrected chi connectivity index (χ1v) is 11.3. The summed E-state index contributed by atoms with van der Waals surface area (Å²) in [4.78, 5) is 25.9. The Morgan fingerprint density at radius 2 is 2.03 bits per heavy atom. The fourth-order valence-corrected chi connectivity index (χ4v) is 7.11. The molecule has 4 saturated carbocycles. The van der Waals surface area contributed by atoms with Crippen LogP contribution < -0.4 is 0 Å². The quantitative estimate of drug-likeness (QED) is 0.499. The smallest absolute Gasteiger partial charge is 0.307 e. The van der Waals surface area contributed by atoms with E-state index in [4.69, 9.17) is 0 Å². The summed E-state index contributed by atoms with van der Waals surface area (Å²) in [5.41, 5.74) is 0.886. The van der Waals surface area contributed by atoms with Crippen molar-refractivity contribution in [3.63, 3.8) is 0 Å². The number of carbonyl (C=O) groups excluding carboxylic acids is 1. The maximum Gasteiger partial charge on any atom is 0.307 e. The van der Waals surface area contributed by atoms with E-state index in [1.54, 1.807) is 12.4 Å². The molecule has 4 bridgehead atoms. The zero-order valence-electron chi connectivity index (χ0n) is 18.2. The Kier molecular flexibility index (Phi) is 4.67. The van der Waals surface area contributed by atoms with Crippen LogP contribution in [0.1, 0.15) is 57.6 Å². The molecule has 0 N–H and O–H groups in total. The Morgan fingerprint density at radius 1 is 1.29 bits per heavy atom. The average molecular weight is 427 g/mol. The van der Waals surface area contributed by atoms with Crippen LogP contribution in [0.5, 0.6) is 0 Å².